The summed E-state index contributed by atoms with van der Waals surface area (Å²) in [5, 5.41) is 23.3. The minimum absolute atomic E-state index is 0.0191. The first-order valence-electron chi connectivity index (χ1n) is 34.4. The number of esters is 1. The van der Waals surface area contributed by atoms with Crippen molar-refractivity contribution >= 4 is 11.9 Å². The Morgan fingerprint density at radius 3 is 0.947 bits per heavy atom. The lowest BCUT2D eigenvalue weighted by atomic mass is 10.0. The second-order valence-electron chi connectivity index (χ2n) is 23.9. The first-order chi connectivity index (χ1) is 37.0. The molecule has 0 aliphatic carbocycles. The largest absolute Gasteiger partial charge is 0.466 e. The van der Waals surface area contributed by atoms with Gasteiger partial charge in [0.1, 0.15) is 0 Å². The minimum Gasteiger partial charge on any atom is -0.466 e. The van der Waals surface area contributed by atoms with Crippen LogP contribution < -0.4 is 5.32 Å². The maximum Gasteiger partial charge on any atom is 0.305 e. The lowest BCUT2D eigenvalue weighted by Gasteiger charge is -2.22. The molecule has 6 heteroatoms. The molecule has 1 amide bonds. The number of amides is 1. The molecule has 0 aromatic carbocycles. The summed E-state index contributed by atoms with van der Waals surface area (Å²) in [7, 11) is 0. The molecule has 3 N–H and O–H groups in total. The first kappa shape index (κ1) is 73.6. The Balaban J connectivity index is 3.33. The van der Waals surface area contributed by atoms with Gasteiger partial charge in [-0.25, -0.2) is 0 Å². The Hall–Kier alpha value is -1.40. The van der Waals surface area contributed by atoms with Crippen molar-refractivity contribution in [2.45, 2.75) is 405 Å². The van der Waals surface area contributed by atoms with E-state index in [0.717, 1.165) is 38.5 Å². The van der Waals surface area contributed by atoms with Crippen LogP contribution in [0, 0.1) is 0 Å². The summed E-state index contributed by atoms with van der Waals surface area (Å²) in [4.78, 5) is 24.5. The summed E-state index contributed by atoms with van der Waals surface area (Å²) in [5.41, 5.74) is 0. The molecule has 0 bridgehead atoms. The molecular formula is C69H135NO5. The van der Waals surface area contributed by atoms with Crippen molar-refractivity contribution in [2.24, 2.45) is 0 Å². The highest BCUT2D eigenvalue weighted by molar-refractivity contribution is 5.76. The fraction of sp³-hybridized carbons (Fsp3) is 0.942. The van der Waals surface area contributed by atoms with E-state index in [1.54, 1.807) is 0 Å². The van der Waals surface area contributed by atoms with Crippen LogP contribution in [0.2, 0.25) is 0 Å². The van der Waals surface area contributed by atoms with Gasteiger partial charge >= 0.3 is 5.97 Å². The number of aliphatic hydroxyl groups excluding tert-OH is 2. The molecule has 0 rings (SSSR count). The highest BCUT2D eigenvalue weighted by atomic mass is 16.5. The number of unbranched alkanes of at least 4 members (excludes halogenated alkanes) is 52. The van der Waals surface area contributed by atoms with Crippen LogP contribution in [0.25, 0.3) is 0 Å². The maximum atomic E-state index is 12.5. The average Bonchev–Trinajstić information content (AvgIpc) is 3.41. The SMILES string of the molecule is CCCCCCCCCCCCCCCCC(O)C(CO)NC(=O)CCCCCCCCCCCCCCCCCCC/C=C\CCCCCCCCCCCCCCOC(=O)CCCCCCCCCCCCC. The Kier molecular flexibility index (Phi) is 63.9. The molecule has 0 heterocycles. The number of carbonyl (C=O) groups excluding carboxylic acids is 2. The van der Waals surface area contributed by atoms with Gasteiger partial charge in [0.05, 0.1) is 25.4 Å². The Labute approximate surface area is 469 Å². The molecule has 2 atom stereocenters. The van der Waals surface area contributed by atoms with E-state index in [1.165, 1.54) is 321 Å². The van der Waals surface area contributed by atoms with Crippen molar-refractivity contribution in [1.82, 2.24) is 5.32 Å². The van der Waals surface area contributed by atoms with Crippen molar-refractivity contribution in [3.8, 4) is 0 Å². The molecule has 0 aliphatic heterocycles. The monoisotopic (exact) mass is 1060 g/mol. The summed E-state index contributed by atoms with van der Waals surface area (Å²) in [6, 6.07) is -0.538. The van der Waals surface area contributed by atoms with E-state index < -0.39 is 12.1 Å². The summed E-state index contributed by atoms with van der Waals surface area (Å²) in [5.74, 6) is -0.0100. The zero-order valence-corrected chi connectivity index (χ0v) is 51.1. The van der Waals surface area contributed by atoms with E-state index in [-0.39, 0.29) is 18.5 Å². The third kappa shape index (κ3) is 61.7. The average molecular weight is 1060 g/mol. The van der Waals surface area contributed by atoms with Crippen LogP contribution >= 0.6 is 0 Å². The number of aliphatic hydroxyl groups is 2. The van der Waals surface area contributed by atoms with Gasteiger partial charge in [-0.3, -0.25) is 9.59 Å². The first-order valence-corrected chi connectivity index (χ1v) is 34.4. The summed E-state index contributed by atoms with van der Waals surface area (Å²) >= 11 is 0. The van der Waals surface area contributed by atoms with Crippen LogP contribution in [0.1, 0.15) is 393 Å². The lowest BCUT2D eigenvalue weighted by molar-refractivity contribution is -0.143. The van der Waals surface area contributed by atoms with Crippen molar-refractivity contribution in [3.63, 3.8) is 0 Å². The smallest absolute Gasteiger partial charge is 0.305 e. The van der Waals surface area contributed by atoms with Gasteiger partial charge in [-0.1, -0.05) is 341 Å². The van der Waals surface area contributed by atoms with Gasteiger partial charge in [-0.2, -0.15) is 0 Å². The van der Waals surface area contributed by atoms with E-state index in [2.05, 4.69) is 31.3 Å². The highest BCUT2D eigenvalue weighted by Gasteiger charge is 2.20. The standard InChI is InChI=1S/C69H135NO5/c1-3-5-7-9-11-13-15-16-38-42-45-49-53-57-61-67(72)66(65-71)70-68(73)62-58-54-50-46-43-39-36-34-32-30-28-26-24-22-20-18-17-19-21-23-25-27-29-31-33-35-37-40-44-48-52-56-60-64-75-69(74)63-59-55-51-47-41-14-12-10-8-6-4-2/h21,23,66-67,71-72H,3-20,22,24-65H2,1-2H3,(H,70,73)/b23-21-. The maximum absolute atomic E-state index is 12.5. The van der Waals surface area contributed by atoms with Gasteiger partial charge in [0.25, 0.3) is 0 Å². The fourth-order valence-corrected chi connectivity index (χ4v) is 11.1. The van der Waals surface area contributed by atoms with E-state index >= 15 is 0 Å². The van der Waals surface area contributed by atoms with Crippen molar-refractivity contribution in [1.29, 1.82) is 0 Å². The number of hydrogen-bond donors (Lipinski definition) is 3. The predicted octanol–water partition coefficient (Wildman–Crippen LogP) is 22.0. The van der Waals surface area contributed by atoms with Crippen molar-refractivity contribution < 1.29 is 24.5 Å². The molecule has 0 aliphatic rings. The van der Waals surface area contributed by atoms with Crippen molar-refractivity contribution in [2.75, 3.05) is 13.2 Å². The Bertz CT molecular complexity index is 1130. The number of rotatable bonds is 65. The molecule has 75 heavy (non-hydrogen) atoms. The van der Waals surface area contributed by atoms with Crippen LogP contribution in [0.4, 0.5) is 0 Å². The Morgan fingerprint density at radius 1 is 0.360 bits per heavy atom. The third-order valence-corrected chi connectivity index (χ3v) is 16.3. The molecule has 0 saturated heterocycles. The number of nitrogens with one attached hydrogen (secondary N) is 1. The van der Waals surface area contributed by atoms with Crippen LogP contribution in [0.5, 0.6) is 0 Å². The van der Waals surface area contributed by atoms with Crippen LogP contribution in [-0.2, 0) is 14.3 Å². The normalized spacial score (nSPS) is 12.5. The molecule has 0 aromatic rings. The summed E-state index contributed by atoms with van der Waals surface area (Å²) < 4.78 is 5.47. The quantitative estimate of drug-likeness (QED) is 0.0320. The number of carbonyl (C=O) groups is 2. The van der Waals surface area contributed by atoms with Gasteiger partial charge in [0, 0.05) is 12.8 Å². The predicted molar refractivity (Wildman–Crippen MR) is 329 cm³/mol. The van der Waals surface area contributed by atoms with Gasteiger partial charge in [0.15, 0.2) is 0 Å². The number of ether oxygens (including phenoxy) is 1. The zero-order chi connectivity index (χ0) is 54.3. The summed E-state index contributed by atoms with van der Waals surface area (Å²) in [6.07, 6.45) is 79.8. The van der Waals surface area contributed by atoms with E-state index in [1.807, 2.05) is 0 Å². The molecule has 6 nitrogen and oxygen atoms in total. The number of allylic oxidation sites excluding steroid dienone is 2. The number of hydrogen-bond acceptors (Lipinski definition) is 5. The van der Waals surface area contributed by atoms with Gasteiger partial charge in [-0.15, -0.1) is 0 Å². The molecule has 0 radical (unpaired) electrons. The van der Waals surface area contributed by atoms with Crippen molar-refractivity contribution in [3.05, 3.63) is 12.2 Å². The van der Waals surface area contributed by atoms with Crippen LogP contribution in [0.15, 0.2) is 12.2 Å². The molecule has 2 unspecified atom stereocenters. The van der Waals surface area contributed by atoms with Crippen LogP contribution in [0.3, 0.4) is 0 Å². The van der Waals surface area contributed by atoms with E-state index in [0.29, 0.717) is 25.9 Å². The zero-order valence-electron chi connectivity index (χ0n) is 51.1. The molecule has 0 fully saturated rings. The highest BCUT2D eigenvalue weighted by Crippen LogP contribution is 2.19. The van der Waals surface area contributed by atoms with Gasteiger partial charge in [0.2, 0.25) is 5.91 Å². The van der Waals surface area contributed by atoms with E-state index in [4.69, 9.17) is 4.74 Å². The fourth-order valence-electron chi connectivity index (χ4n) is 11.1. The second kappa shape index (κ2) is 65.1. The molecule has 446 valence electrons. The van der Waals surface area contributed by atoms with Crippen LogP contribution in [-0.4, -0.2) is 47.4 Å². The molecule has 0 aromatic heterocycles. The topological polar surface area (TPSA) is 95.9 Å². The summed E-state index contributed by atoms with van der Waals surface area (Å²) in [6.45, 7) is 4.98. The Morgan fingerprint density at radius 2 is 0.627 bits per heavy atom. The minimum atomic E-state index is -0.661. The van der Waals surface area contributed by atoms with Gasteiger partial charge in [-0.05, 0) is 51.4 Å². The van der Waals surface area contributed by atoms with E-state index in [9.17, 15) is 19.8 Å². The lowest BCUT2D eigenvalue weighted by Crippen LogP contribution is -2.45. The molecule has 0 saturated carbocycles. The third-order valence-electron chi connectivity index (χ3n) is 16.3. The van der Waals surface area contributed by atoms with Gasteiger partial charge < -0.3 is 20.3 Å². The second-order valence-corrected chi connectivity index (χ2v) is 23.9. The molecule has 0 spiro atoms. The molecular weight excluding hydrogens is 923 g/mol.